The molecular weight excluding hydrogens is 430 g/mol. The van der Waals surface area contributed by atoms with Crippen molar-refractivity contribution in [2.24, 2.45) is 0 Å². The molecule has 2 aromatic heterocycles. The first-order chi connectivity index (χ1) is 15.4. The van der Waals surface area contributed by atoms with Crippen LogP contribution < -0.4 is 26.0 Å². The molecule has 162 valence electrons. The Bertz CT molecular complexity index is 1480. The van der Waals surface area contributed by atoms with E-state index < -0.39 is 17.2 Å². The summed E-state index contributed by atoms with van der Waals surface area (Å²) in [6.07, 6.45) is 0. The van der Waals surface area contributed by atoms with Gasteiger partial charge < -0.3 is 14.8 Å². The number of carbonyl (C=O) groups is 1. The Hall–Kier alpha value is -3.85. The van der Waals surface area contributed by atoms with Crippen molar-refractivity contribution in [2.45, 2.75) is 20.4 Å². The van der Waals surface area contributed by atoms with Gasteiger partial charge in [0.15, 0.2) is 11.5 Å². The molecule has 0 bridgehead atoms. The van der Waals surface area contributed by atoms with E-state index in [0.29, 0.717) is 33.1 Å². The fourth-order valence-corrected chi connectivity index (χ4v) is 4.69. The molecule has 1 N–H and O–H groups in total. The second kappa shape index (κ2) is 7.69. The summed E-state index contributed by atoms with van der Waals surface area (Å²) in [5.41, 5.74) is 2.36. The van der Waals surface area contributed by atoms with Gasteiger partial charge in [-0.1, -0.05) is 6.07 Å². The number of fused-ring (bicyclic) bond motifs is 2. The van der Waals surface area contributed by atoms with Crippen LogP contribution in [0.15, 0.2) is 57.4 Å². The van der Waals surface area contributed by atoms with Crippen LogP contribution in [0.4, 0.5) is 5.69 Å². The Balaban J connectivity index is 1.55. The maximum Gasteiger partial charge on any atom is 0.336 e. The molecule has 9 heteroatoms. The fraction of sp³-hybridized carbons (Fsp3) is 0.174. The average Bonchev–Trinajstić information content (AvgIpc) is 3.40. The highest BCUT2D eigenvalue weighted by Crippen LogP contribution is 2.34. The van der Waals surface area contributed by atoms with Gasteiger partial charge in [-0.05, 0) is 60.7 Å². The van der Waals surface area contributed by atoms with Crippen LogP contribution >= 0.6 is 11.3 Å². The molecule has 8 nitrogen and oxygen atoms in total. The van der Waals surface area contributed by atoms with Gasteiger partial charge in [0, 0.05) is 11.8 Å². The lowest BCUT2D eigenvalue weighted by molar-refractivity contribution is -0.116. The van der Waals surface area contributed by atoms with Gasteiger partial charge in [-0.15, -0.1) is 11.3 Å². The number of anilines is 1. The molecule has 0 fully saturated rings. The van der Waals surface area contributed by atoms with E-state index in [9.17, 15) is 14.4 Å². The minimum atomic E-state index is -0.563. The van der Waals surface area contributed by atoms with E-state index in [0.717, 1.165) is 15.7 Å². The predicted molar refractivity (Wildman–Crippen MR) is 122 cm³/mol. The SMILES string of the molecule is Cc1cc(C)cc(-n2c(=O)c3sccc3n(CC(=O)Nc3ccc4c(c3)OCO4)c2=O)c1. The van der Waals surface area contributed by atoms with Crippen molar-refractivity contribution >= 4 is 33.1 Å². The average molecular weight is 449 g/mol. The van der Waals surface area contributed by atoms with Crippen molar-refractivity contribution in [3.8, 4) is 17.2 Å². The second-order valence-corrected chi connectivity index (χ2v) is 8.52. The lowest BCUT2D eigenvalue weighted by Crippen LogP contribution is -2.40. The quantitative estimate of drug-likeness (QED) is 0.517. The number of benzene rings is 2. The van der Waals surface area contributed by atoms with Crippen molar-refractivity contribution in [3.63, 3.8) is 0 Å². The highest BCUT2D eigenvalue weighted by atomic mass is 32.1. The summed E-state index contributed by atoms with van der Waals surface area (Å²) < 4.78 is 13.5. The molecule has 0 aliphatic carbocycles. The topological polar surface area (TPSA) is 91.6 Å². The highest BCUT2D eigenvalue weighted by Gasteiger charge is 2.19. The molecule has 4 aromatic rings. The first-order valence-corrected chi connectivity index (χ1v) is 10.8. The fourth-order valence-electron chi connectivity index (χ4n) is 3.87. The lowest BCUT2D eigenvalue weighted by Gasteiger charge is -2.13. The van der Waals surface area contributed by atoms with E-state index in [1.807, 2.05) is 19.9 Å². The third kappa shape index (κ3) is 3.46. The number of hydrogen-bond acceptors (Lipinski definition) is 6. The van der Waals surface area contributed by atoms with Crippen LogP contribution in [0.2, 0.25) is 0 Å². The first-order valence-electron chi connectivity index (χ1n) is 9.92. The maximum absolute atomic E-state index is 13.4. The van der Waals surface area contributed by atoms with E-state index in [2.05, 4.69) is 5.32 Å². The van der Waals surface area contributed by atoms with E-state index in [-0.39, 0.29) is 13.3 Å². The van der Waals surface area contributed by atoms with Gasteiger partial charge in [-0.25, -0.2) is 9.36 Å². The lowest BCUT2D eigenvalue weighted by atomic mass is 10.1. The Kier molecular flexibility index (Phi) is 4.82. The number of aromatic nitrogens is 2. The molecule has 0 atom stereocenters. The van der Waals surface area contributed by atoms with Crippen LogP contribution in [-0.2, 0) is 11.3 Å². The van der Waals surface area contributed by atoms with Crippen LogP contribution in [0.25, 0.3) is 15.9 Å². The van der Waals surface area contributed by atoms with Crippen molar-refractivity contribution in [1.29, 1.82) is 0 Å². The third-order valence-corrected chi connectivity index (χ3v) is 6.07. The van der Waals surface area contributed by atoms with Gasteiger partial charge >= 0.3 is 5.69 Å². The molecule has 0 saturated heterocycles. The number of hydrogen-bond donors (Lipinski definition) is 1. The van der Waals surface area contributed by atoms with E-state index in [1.54, 1.807) is 41.8 Å². The Labute approximate surface area is 186 Å². The van der Waals surface area contributed by atoms with Gasteiger partial charge in [0.2, 0.25) is 12.7 Å². The molecule has 0 saturated carbocycles. The smallest absolute Gasteiger partial charge is 0.336 e. The van der Waals surface area contributed by atoms with Crippen LogP contribution in [0.3, 0.4) is 0 Å². The van der Waals surface area contributed by atoms with Crippen molar-refractivity contribution in [1.82, 2.24) is 9.13 Å². The van der Waals surface area contributed by atoms with Crippen LogP contribution in [0, 0.1) is 13.8 Å². The van der Waals surface area contributed by atoms with E-state index in [4.69, 9.17) is 9.47 Å². The molecular formula is C23H19N3O5S. The number of aryl methyl sites for hydroxylation is 2. The summed E-state index contributed by atoms with van der Waals surface area (Å²) in [6, 6.07) is 12.3. The molecule has 1 aliphatic rings. The van der Waals surface area contributed by atoms with Gasteiger partial charge in [0.25, 0.3) is 5.56 Å². The zero-order valence-electron chi connectivity index (χ0n) is 17.4. The number of nitrogens with one attached hydrogen (secondary N) is 1. The number of amides is 1. The largest absolute Gasteiger partial charge is 0.454 e. The Morgan fingerprint density at radius 1 is 1.03 bits per heavy atom. The van der Waals surface area contributed by atoms with Crippen molar-refractivity contribution in [3.05, 3.63) is 79.8 Å². The number of rotatable bonds is 4. The molecule has 2 aromatic carbocycles. The van der Waals surface area contributed by atoms with Gasteiger partial charge in [0.1, 0.15) is 11.2 Å². The summed E-state index contributed by atoms with van der Waals surface area (Å²) in [7, 11) is 0. The first kappa shape index (κ1) is 20.1. The summed E-state index contributed by atoms with van der Waals surface area (Å²) in [5.74, 6) is 0.757. The van der Waals surface area contributed by atoms with Gasteiger partial charge in [-0.2, -0.15) is 0 Å². The molecule has 1 aliphatic heterocycles. The molecule has 3 heterocycles. The molecule has 5 rings (SSSR count). The minimum Gasteiger partial charge on any atom is -0.454 e. The summed E-state index contributed by atoms with van der Waals surface area (Å²) in [4.78, 5) is 39.3. The molecule has 0 spiro atoms. The molecule has 32 heavy (non-hydrogen) atoms. The summed E-state index contributed by atoms with van der Waals surface area (Å²) >= 11 is 1.24. The van der Waals surface area contributed by atoms with Crippen molar-refractivity contribution < 1.29 is 14.3 Å². The number of nitrogens with zero attached hydrogens (tertiary/aromatic N) is 2. The molecule has 1 amide bonds. The van der Waals surface area contributed by atoms with Gasteiger partial charge in [-0.3, -0.25) is 14.2 Å². The van der Waals surface area contributed by atoms with Crippen LogP contribution in [0.1, 0.15) is 11.1 Å². The second-order valence-electron chi connectivity index (χ2n) is 7.61. The highest BCUT2D eigenvalue weighted by molar-refractivity contribution is 7.17. The monoisotopic (exact) mass is 449 g/mol. The van der Waals surface area contributed by atoms with Crippen LogP contribution in [0.5, 0.6) is 11.5 Å². The van der Waals surface area contributed by atoms with E-state index >= 15 is 0 Å². The zero-order chi connectivity index (χ0) is 22.4. The maximum atomic E-state index is 13.4. The zero-order valence-corrected chi connectivity index (χ0v) is 18.2. The standard InChI is InChI=1S/C23H19N3O5S/c1-13-7-14(2)9-16(8-13)26-22(28)21-17(5-6-32-21)25(23(26)29)11-20(27)24-15-3-4-18-19(10-15)31-12-30-18/h3-10H,11-12H2,1-2H3,(H,24,27). The van der Waals surface area contributed by atoms with E-state index in [1.165, 1.54) is 15.9 Å². The molecule has 0 unspecified atom stereocenters. The third-order valence-electron chi connectivity index (χ3n) is 5.18. The van der Waals surface area contributed by atoms with Crippen LogP contribution in [-0.4, -0.2) is 21.8 Å². The minimum absolute atomic E-state index is 0.137. The normalized spacial score (nSPS) is 12.3. The Morgan fingerprint density at radius 2 is 1.78 bits per heavy atom. The molecule has 0 radical (unpaired) electrons. The number of thiophene rings is 1. The number of ether oxygens (including phenoxy) is 2. The van der Waals surface area contributed by atoms with Gasteiger partial charge in [0.05, 0.1) is 11.2 Å². The Morgan fingerprint density at radius 3 is 2.56 bits per heavy atom. The summed E-state index contributed by atoms with van der Waals surface area (Å²) in [6.45, 7) is 3.70. The summed E-state index contributed by atoms with van der Waals surface area (Å²) in [5, 5.41) is 4.52. The number of carbonyl (C=O) groups excluding carboxylic acids is 1. The van der Waals surface area contributed by atoms with Crippen molar-refractivity contribution in [2.75, 3.05) is 12.1 Å². The predicted octanol–water partition coefficient (Wildman–Crippen LogP) is 3.20.